The van der Waals surface area contributed by atoms with E-state index in [2.05, 4.69) is 27.1 Å². The Morgan fingerprint density at radius 2 is 1.72 bits per heavy atom. The molecule has 0 atom stereocenters. The first-order chi connectivity index (χ1) is 13.8. The molecule has 0 aliphatic carbocycles. The van der Waals surface area contributed by atoms with Crippen LogP contribution >= 0.6 is 0 Å². The third-order valence-corrected chi connectivity index (χ3v) is 4.74. The molecule has 1 saturated heterocycles. The largest absolute Gasteiger partial charge is 0.416 e. The highest BCUT2D eigenvalue weighted by atomic mass is 19.4. The number of alkyl halides is 3. The van der Waals surface area contributed by atoms with E-state index in [-0.39, 0.29) is 17.1 Å². The lowest BCUT2D eigenvalue weighted by Gasteiger charge is -2.20. The summed E-state index contributed by atoms with van der Waals surface area (Å²) < 4.78 is 51.8. The zero-order valence-electron chi connectivity index (χ0n) is 15.9. The van der Waals surface area contributed by atoms with Gasteiger partial charge in [-0.05, 0) is 57.2 Å². The standard InChI is InChI=1S/C14H8F4N4.C6H13N/c15-11-5-7(14(16,17)18)1-2-9(11)12-8-3-4-20-6-10(8)13(19)22-21-12;1-7-5-3-2-4-6-7/h1-6H,(H2,19,22);2-6H2,1H3. The number of hydrogen-bond donors (Lipinski definition) is 1. The van der Waals surface area contributed by atoms with Gasteiger partial charge in [0.15, 0.2) is 5.82 Å². The van der Waals surface area contributed by atoms with E-state index in [1.807, 2.05) is 0 Å². The van der Waals surface area contributed by atoms with Crippen LogP contribution in [0.4, 0.5) is 23.4 Å². The number of halogens is 4. The summed E-state index contributed by atoms with van der Waals surface area (Å²) in [5.41, 5.74) is 4.62. The van der Waals surface area contributed by atoms with Gasteiger partial charge in [0.2, 0.25) is 0 Å². The molecule has 2 aromatic heterocycles. The lowest BCUT2D eigenvalue weighted by atomic mass is 10.0. The molecule has 1 aromatic carbocycles. The van der Waals surface area contributed by atoms with Gasteiger partial charge in [0, 0.05) is 28.7 Å². The topological polar surface area (TPSA) is 67.9 Å². The van der Waals surface area contributed by atoms with Gasteiger partial charge in [-0.2, -0.15) is 13.2 Å². The number of piperidine rings is 1. The van der Waals surface area contributed by atoms with E-state index in [1.54, 1.807) is 6.07 Å². The minimum atomic E-state index is -4.61. The Labute approximate surface area is 165 Å². The van der Waals surface area contributed by atoms with Gasteiger partial charge in [-0.3, -0.25) is 4.98 Å². The van der Waals surface area contributed by atoms with E-state index in [9.17, 15) is 17.6 Å². The first-order valence-corrected chi connectivity index (χ1v) is 9.19. The molecule has 0 radical (unpaired) electrons. The van der Waals surface area contributed by atoms with Crippen molar-refractivity contribution in [3.63, 3.8) is 0 Å². The molecule has 0 spiro atoms. The van der Waals surface area contributed by atoms with Gasteiger partial charge in [0.05, 0.1) is 5.56 Å². The van der Waals surface area contributed by atoms with Crippen molar-refractivity contribution in [1.29, 1.82) is 0 Å². The van der Waals surface area contributed by atoms with Gasteiger partial charge in [0.25, 0.3) is 0 Å². The lowest BCUT2D eigenvalue weighted by Crippen LogP contribution is -2.24. The van der Waals surface area contributed by atoms with Crippen LogP contribution in [0.25, 0.3) is 22.0 Å². The molecule has 0 saturated carbocycles. The molecule has 154 valence electrons. The molecule has 3 aromatic rings. The molecule has 0 unspecified atom stereocenters. The quantitative estimate of drug-likeness (QED) is 0.600. The van der Waals surface area contributed by atoms with Crippen LogP contribution < -0.4 is 5.73 Å². The normalized spacial score (nSPS) is 15.1. The SMILES string of the molecule is CN1CCCCC1.Nc1nnc(-c2ccc(C(F)(F)F)cc2F)c2ccncc12. The predicted molar refractivity (Wildman–Crippen MR) is 103 cm³/mol. The van der Waals surface area contributed by atoms with Crippen LogP contribution in [0, 0.1) is 5.82 Å². The van der Waals surface area contributed by atoms with Gasteiger partial charge in [-0.1, -0.05) is 6.42 Å². The Kier molecular flexibility index (Phi) is 6.26. The summed E-state index contributed by atoms with van der Waals surface area (Å²) in [6.45, 7) is 2.64. The van der Waals surface area contributed by atoms with E-state index >= 15 is 0 Å². The van der Waals surface area contributed by atoms with Crippen LogP contribution in [0.5, 0.6) is 0 Å². The first kappa shape index (κ1) is 20.9. The van der Waals surface area contributed by atoms with E-state index in [0.717, 1.165) is 12.1 Å². The number of fused-ring (bicyclic) bond motifs is 1. The second-order valence-electron chi connectivity index (χ2n) is 6.91. The second kappa shape index (κ2) is 8.69. The van der Waals surface area contributed by atoms with Gasteiger partial charge >= 0.3 is 6.18 Å². The van der Waals surface area contributed by atoms with Crippen LogP contribution in [0.3, 0.4) is 0 Å². The van der Waals surface area contributed by atoms with E-state index in [4.69, 9.17) is 5.73 Å². The monoisotopic (exact) mass is 407 g/mol. The molecule has 5 nitrogen and oxygen atoms in total. The maximum Gasteiger partial charge on any atom is 0.416 e. The number of nitrogens with zero attached hydrogens (tertiary/aromatic N) is 4. The third kappa shape index (κ3) is 4.97. The minimum absolute atomic E-state index is 0.0864. The van der Waals surface area contributed by atoms with E-state index in [0.29, 0.717) is 16.8 Å². The Bertz CT molecular complexity index is 984. The fourth-order valence-electron chi connectivity index (χ4n) is 3.15. The van der Waals surface area contributed by atoms with E-state index < -0.39 is 17.6 Å². The first-order valence-electron chi connectivity index (χ1n) is 9.19. The van der Waals surface area contributed by atoms with Crippen molar-refractivity contribution in [2.24, 2.45) is 0 Å². The zero-order valence-corrected chi connectivity index (χ0v) is 15.9. The summed E-state index contributed by atoms with van der Waals surface area (Å²) in [6.07, 6.45) is 2.55. The number of nitrogen functional groups attached to an aromatic ring is 1. The van der Waals surface area contributed by atoms with Crippen molar-refractivity contribution < 1.29 is 17.6 Å². The summed E-state index contributed by atoms with van der Waals surface area (Å²) in [5.74, 6) is -0.925. The molecule has 1 fully saturated rings. The molecule has 4 rings (SSSR count). The van der Waals surface area contributed by atoms with Crippen LogP contribution in [0.2, 0.25) is 0 Å². The molecular weight excluding hydrogens is 386 g/mol. The summed E-state index contributed by atoms with van der Waals surface area (Å²) in [7, 11) is 2.19. The molecule has 3 heterocycles. The molecular formula is C20H21F4N5. The third-order valence-electron chi connectivity index (χ3n) is 4.74. The van der Waals surface area contributed by atoms with Crippen molar-refractivity contribution in [3.05, 3.63) is 48.0 Å². The van der Waals surface area contributed by atoms with E-state index in [1.165, 1.54) is 44.7 Å². The Morgan fingerprint density at radius 1 is 1.00 bits per heavy atom. The van der Waals surface area contributed by atoms with Crippen molar-refractivity contribution in [3.8, 4) is 11.3 Å². The van der Waals surface area contributed by atoms with Crippen molar-refractivity contribution in [1.82, 2.24) is 20.1 Å². The summed E-state index contributed by atoms with van der Waals surface area (Å²) >= 11 is 0. The molecule has 29 heavy (non-hydrogen) atoms. The number of aromatic nitrogens is 3. The molecule has 0 amide bonds. The van der Waals surface area contributed by atoms with Gasteiger partial charge < -0.3 is 10.6 Å². The van der Waals surface area contributed by atoms with Crippen LogP contribution in [0.15, 0.2) is 36.7 Å². The zero-order chi connectivity index (χ0) is 21.0. The molecule has 2 N–H and O–H groups in total. The predicted octanol–water partition coefficient (Wildman–Crippen LogP) is 4.53. The molecule has 1 aliphatic heterocycles. The summed E-state index contributed by atoms with van der Waals surface area (Å²) in [5, 5.41) is 8.41. The summed E-state index contributed by atoms with van der Waals surface area (Å²) in [6, 6.07) is 3.80. The van der Waals surface area contributed by atoms with Gasteiger partial charge in [-0.25, -0.2) is 4.39 Å². The smallest absolute Gasteiger partial charge is 0.382 e. The summed E-state index contributed by atoms with van der Waals surface area (Å²) in [4.78, 5) is 6.28. The number of benzene rings is 1. The van der Waals surface area contributed by atoms with Gasteiger partial charge in [0.1, 0.15) is 11.5 Å². The Balaban J connectivity index is 0.000000290. The highest BCUT2D eigenvalue weighted by Gasteiger charge is 2.31. The van der Waals surface area contributed by atoms with Crippen LogP contribution in [0.1, 0.15) is 24.8 Å². The number of rotatable bonds is 1. The average molecular weight is 407 g/mol. The van der Waals surface area contributed by atoms with Crippen molar-refractivity contribution in [2.75, 3.05) is 25.9 Å². The number of anilines is 1. The van der Waals surface area contributed by atoms with Crippen LogP contribution in [-0.2, 0) is 6.18 Å². The lowest BCUT2D eigenvalue weighted by molar-refractivity contribution is -0.137. The molecule has 9 heteroatoms. The average Bonchev–Trinajstić information content (AvgIpc) is 2.69. The Morgan fingerprint density at radius 3 is 2.31 bits per heavy atom. The number of pyridine rings is 1. The number of hydrogen-bond acceptors (Lipinski definition) is 5. The fraction of sp³-hybridized carbons (Fsp3) is 0.350. The minimum Gasteiger partial charge on any atom is -0.382 e. The van der Waals surface area contributed by atoms with Crippen molar-refractivity contribution >= 4 is 16.6 Å². The molecule has 1 aliphatic rings. The highest BCUT2D eigenvalue weighted by Crippen LogP contribution is 2.34. The second-order valence-corrected chi connectivity index (χ2v) is 6.91. The maximum atomic E-state index is 14.1. The fourth-order valence-corrected chi connectivity index (χ4v) is 3.15. The van der Waals surface area contributed by atoms with Gasteiger partial charge in [-0.15, -0.1) is 10.2 Å². The van der Waals surface area contributed by atoms with Crippen molar-refractivity contribution in [2.45, 2.75) is 25.4 Å². The Hall–Kier alpha value is -2.81. The number of likely N-dealkylation sites (tertiary alicyclic amines) is 1. The van der Waals surface area contributed by atoms with Crippen LogP contribution in [-0.4, -0.2) is 40.2 Å². The highest BCUT2D eigenvalue weighted by molar-refractivity contribution is 5.98. The number of nitrogens with two attached hydrogens (primary N) is 1. The maximum absolute atomic E-state index is 14.1. The molecule has 0 bridgehead atoms.